The van der Waals surface area contributed by atoms with Crippen molar-refractivity contribution in [2.24, 2.45) is 5.73 Å². The fourth-order valence-electron chi connectivity index (χ4n) is 2.00. The Bertz CT molecular complexity index is 567. The summed E-state index contributed by atoms with van der Waals surface area (Å²) in [5, 5.41) is 0. The number of nitrogens with zero attached hydrogens (tertiary/aromatic N) is 1. The van der Waals surface area contributed by atoms with Gasteiger partial charge in [-0.25, -0.2) is 9.37 Å². The molecule has 0 saturated heterocycles. The third-order valence-corrected chi connectivity index (χ3v) is 3.07. The Morgan fingerprint density at radius 1 is 1.32 bits per heavy atom. The molecule has 102 valence electrons. The lowest BCUT2D eigenvalue weighted by atomic mass is 10.0. The van der Waals surface area contributed by atoms with Crippen LogP contribution in [0.3, 0.4) is 0 Å². The van der Waals surface area contributed by atoms with E-state index in [1.54, 1.807) is 12.1 Å². The van der Waals surface area contributed by atoms with Crippen molar-refractivity contribution < 1.29 is 4.39 Å². The van der Waals surface area contributed by atoms with Crippen molar-refractivity contribution in [1.82, 2.24) is 9.97 Å². The molecule has 0 radical (unpaired) electrons. The van der Waals surface area contributed by atoms with E-state index in [2.05, 4.69) is 9.97 Å². The number of aromatic nitrogens is 2. The summed E-state index contributed by atoms with van der Waals surface area (Å²) in [5.74, 6) is 0.608. The van der Waals surface area contributed by atoms with Crippen LogP contribution in [0, 0.1) is 12.7 Å². The van der Waals surface area contributed by atoms with Gasteiger partial charge in [0.05, 0.1) is 5.69 Å². The van der Waals surface area contributed by atoms with Gasteiger partial charge < -0.3 is 10.7 Å². The molecule has 0 fully saturated rings. The monoisotopic (exact) mass is 261 g/mol. The first-order chi connectivity index (χ1) is 8.87. The van der Waals surface area contributed by atoms with Crippen LogP contribution in [0.25, 0.3) is 11.3 Å². The first-order valence-electron chi connectivity index (χ1n) is 6.46. The molecule has 0 amide bonds. The van der Waals surface area contributed by atoms with Crippen molar-refractivity contribution in [1.29, 1.82) is 0 Å². The number of aromatic amines is 1. The summed E-state index contributed by atoms with van der Waals surface area (Å²) in [6.45, 7) is 5.88. The third-order valence-electron chi connectivity index (χ3n) is 3.07. The SMILES string of the molecule is Cc1[nH]c(CCC(C)(C)N)nc1-c1ccccc1F. The van der Waals surface area contributed by atoms with Gasteiger partial charge in [-0.2, -0.15) is 0 Å². The number of aryl methyl sites for hydroxylation is 2. The van der Waals surface area contributed by atoms with Crippen LogP contribution in [0.2, 0.25) is 0 Å². The number of nitrogens with one attached hydrogen (secondary N) is 1. The average molecular weight is 261 g/mol. The topological polar surface area (TPSA) is 54.7 Å². The van der Waals surface area contributed by atoms with Gasteiger partial charge in [-0.3, -0.25) is 0 Å². The van der Waals surface area contributed by atoms with E-state index < -0.39 is 0 Å². The standard InChI is InChI=1S/C15H20FN3/c1-10-14(11-6-4-5-7-12(11)16)19-13(18-10)8-9-15(2,3)17/h4-7H,8-9,17H2,1-3H3,(H,18,19). The highest BCUT2D eigenvalue weighted by atomic mass is 19.1. The van der Waals surface area contributed by atoms with E-state index in [1.807, 2.05) is 26.8 Å². The summed E-state index contributed by atoms with van der Waals surface area (Å²) >= 11 is 0. The average Bonchev–Trinajstić information content (AvgIpc) is 2.68. The van der Waals surface area contributed by atoms with Crippen molar-refractivity contribution in [3.8, 4) is 11.3 Å². The fourth-order valence-corrected chi connectivity index (χ4v) is 2.00. The summed E-state index contributed by atoms with van der Waals surface area (Å²) in [7, 11) is 0. The molecule has 0 spiro atoms. The Morgan fingerprint density at radius 2 is 2.00 bits per heavy atom. The van der Waals surface area contributed by atoms with Crippen molar-refractivity contribution in [2.75, 3.05) is 0 Å². The molecule has 19 heavy (non-hydrogen) atoms. The summed E-state index contributed by atoms with van der Waals surface area (Å²) < 4.78 is 13.8. The first kappa shape index (κ1) is 13.7. The minimum atomic E-state index is -0.247. The molecule has 0 aliphatic rings. The zero-order valence-electron chi connectivity index (χ0n) is 11.6. The summed E-state index contributed by atoms with van der Waals surface area (Å²) in [6, 6.07) is 6.69. The Morgan fingerprint density at radius 3 is 2.63 bits per heavy atom. The maximum absolute atomic E-state index is 13.8. The van der Waals surface area contributed by atoms with Crippen LogP contribution in [0.1, 0.15) is 31.8 Å². The van der Waals surface area contributed by atoms with Gasteiger partial charge in [-0.05, 0) is 39.3 Å². The molecule has 1 aromatic carbocycles. The van der Waals surface area contributed by atoms with Gasteiger partial charge in [0.15, 0.2) is 0 Å². The zero-order chi connectivity index (χ0) is 14.0. The molecule has 0 aliphatic heterocycles. The van der Waals surface area contributed by atoms with Crippen LogP contribution in [0.15, 0.2) is 24.3 Å². The quantitative estimate of drug-likeness (QED) is 0.888. The molecule has 2 rings (SSSR count). The van der Waals surface area contributed by atoms with E-state index in [9.17, 15) is 4.39 Å². The van der Waals surface area contributed by atoms with E-state index in [0.717, 1.165) is 24.4 Å². The number of H-pyrrole nitrogens is 1. The second-order valence-corrected chi connectivity index (χ2v) is 5.63. The number of rotatable bonds is 4. The predicted molar refractivity (Wildman–Crippen MR) is 75.3 cm³/mol. The molecular formula is C15H20FN3. The molecular weight excluding hydrogens is 241 g/mol. The molecule has 0 saturated carbocycles. The maximum atomic E-state index is 13.8. The highest BCUT2D eigenvalue weighted by Gasteiger charge is 2.15. The Balaban J connectivity index is 2.25. The Labute approximate surface area is 113 Å². The van der Waals surface area contributed by atoms with Crippen LogP contribution in [0.5, 0.6) is 0 Å². The van der Waals surface area contributed by atoms with Crippen LogP contribution >= 0.6 is 0 Å². The minimum Gasteiger partial charge on any atom is -0.346 e. The van der Waals surface area contributed by atoms with E-state index in [0.29, 0.717) is 11.3 Å². The summed E-state index contributed by atoms with van der Waals surface area (Å²) in [4.78, 5) is 7.70. The van der Waals surface area contributed by atoms with Gasteiger partial charge in [0.1, 0.15) is 11.6 Å². The zero-order valence-corrected chi connectivity index (χ0v) is 11.6. The molecule has 3 nitrogen and oxygen atoms in total. The largest absolute Gasteiger partial charge is 0.346 e. The van der Waals surface area contributed by atoms with Gasteiger partial charge in [-0.1, -0.05) is 12.1 Å². The van der Waals surface area contributed by atoms with Crippen LogP contribution in [0.4, 0.5) is 4.39 Å². The summed E-state index contributed by atoms with van der Waals surface area (Å²) in [6.07, 6.45) is 1.59. The van der Waals surface area contributed by atoms with E-state index in [4.69, 9.17) is 5.73 Å². The maximum Gasteiger partial charge on any atom is 0.132 e. The Kier molecular flexibility index (Phi) is 3.71. The molecule has 0 atom stereocenters. The highest BCUT2D eigenvalue weighted by Crippen LogP contribution is 2.24. The molecule has 0 bridgehead atoms. The molecule has 2 aromatic rings. The van der Waals surface area contributed by atoms with E-state index >= 15 is 0 Å². The minimum absolute atomic E-state index is 0.223. The normalized spacial score (nSPS) is 11.8. The van der Waals surface area contributed by atoms with Crippen molar-refractivity contribution in [3.05, 3.63) is 41.6 Å². The van der Waals surface area contributed by atoms with E-state index in [-0.39, 0.29) is 11.4 Å². The van der Waals surface area contributed by atoms with Crippen molar-refractivity contribution in [3.63, 3.8) is 0 Å². The van der Waals surface area contributed by atoms with E-state index in [1.165, 1.54) is 6.07 Å². The molecule has 3 N–H and O–H groups in total. The number of hydrogen-bond acceptors (Lipinski definition) is 2. The second kappa shape index (κ2) is 5.13. The molecule has 1 aromatic heterocycles. The first-order valence-corrected chi connectivity index (χ1v) is 6.46. The number of hydrogen-bond donors (Lipinski definition) is 2. The number of nitrogens with two attached hydrogens (primary N) is 1. The Hall–Kier alpha value is -1.68. The second-order valence-electron chi connectivity index (χ2n) is 5.63. The van der Waals surface area contributed by atoms with Crippen molar-refractivity contribution in [2.45, 2.75) is 39.2 Å². The molecule has 4 heteroatoms. The van der Waals surface area contributed by atoms with Crippen molar-refractivity contribution >= 4 is 0 Å². The fraction of sp³-hybridized carbons (Fsp3) is 0.400. The lowest BCUT2D eigenvalue weighted by molar-refractivity contribution is 0.472. The predicted octanol–water partition coefficient (Wildman–Crippen LogP) is 3.19. The molecule has 0 unspecified atom stereocenters. The third kappa shape index (κ3) is 3.41. The highest BCUT2D eigenvalue weighted by molar-refractivity contribution is 5.62. The van der Waals surface area contributed by atoms with Crippen LogP contribution in [-0.2, 0) is 6.42 Å². The molecule has 0 aliphatic carbocycles. The van der Waals surface area contributed by atoms with Crippen LogP contribution in [-0.4, -0.2) is 15.5 Å². The lowest BCUT2D eigenvalue weighted by Gasteiger charge is -2.16. The smallest absolute Gasteiger partial charge is 0.132 e. The van der Waals surface area contributed by atoms with Gasteiger partial charge in [0.2, 0.25) is 0 Å². The van der Waals surface area contributed by atoms with Gasteiger partial charge >= 0.3 is 0 Å². The number of imidazole rings is 1. The lowest BCUT2D eigenvalue weighted by Crippen LogP contribution is -2.32. The van der Waals surface area contributed by atoms with Gasteiger partial charge in [0.25, 0.3) is 0 Å². The van der Waals surface area contributed by atoms with Gasteiger partial charge in [-0.15, -0.1) is 0 Å². The number of benzene rings is 1. The van der Waals surface area contributed by atoms with Gasteiger partial charge in [0, 0.05) is 23.2 Å². The molecule has 1 heterocycles. The summed E-state index contributed by atoms with van der Waals surface area (Å²) in [5.41, 5.74) is 7.84. The van der Waals surface area contributed by atoms with Crippen LogP contribution < -0.4 is 5.73 Å². The number of halogens is 1.